The van der Waals surface area contributed by atoms with Crippen LogP contribution in [0, 0.1) is 6.92 Å². The number of rotatable bonds is 2. The third-order valence-corrected chi connectivity index (χ3v) is 4.21. The summed E-state index contributed by atoms with van der Waals surface area (Å²) in [6, 6.07) is -0.0198. The number of carbonyl (C=O) groups excluding carboxylic acids is 1. The highest BCUT2D eigenvalue weighted by Gasteiger charge is 2.40. The Morgan fingerprint density at radius 1 is 1.55 bits per heavy atom. The van der Waals surface area contributed by atoms with E-state index in [2.05, 4.69) is 15.3 Å². The number of H-pyrrole nitrogens is 1. The molecular weight excluding hydrogens is 256 g/mol. The molecule has 1 aliphatic carbocycles. The Morgan fingerprint density at radius 2 is 2.35 bits per heavy atom. The Balaban J connectivity index is 1.54. The number of urea groups is 1. The first-order valence-corrected chi connectivity index (χ1v) is 7.34. The van der Waals surface area contributed by atoms with Gasteiger partial charge in [-0.05, 0) is 19.8 Å². The van der Waals surface area contributed by atoms with Crippen molar-refractivity contribution in [1.82, 2.24) is 20.2 Å². The molecule has 1 aromatic heterocycles. The van der Waals surface area contributed by atoms with Gasteiger partial charge in [-0.2, -0.15) is 0 Å². The molecule has 1 aliphatic heterocycles. The number of ether oxygens (including phenoxy) is 1. The zero-order chi connectivity index (χ0) is 14.0. The number of hydrogen-bond donors (Lipinski definition) is 2. The third-order valence-electron chi connectivity index (χ3n) is 4.21. The quantitative estimate of drug-likeness (QED) is 0.862. The topological polar surface area (TPSA) is 70.2 Å². The predicted molar refractivity (Wildman–Crippen MR) is 74.3 cm³/mol. The van der Waals surface area contributed by atoms with Crippen LogP contribution in [0.2, 0.25) is 0 Å². The number of nitrogens with zero attached hydrogens (tertiary/aromatic N) is 2. The molecule has 20 heavy (non-hydrogen) atoms. The minimum absolute atomic E-state index is 0.0198. The van der Waals surface area contributed by atoms with Crippen molar-refractivity contribution in [3.05, 3.63) is 17.7 Å². The Labute approximate surface area is 118 Å². The van der Waals surface area contributed by atoms with E-state index in [1.807, 2.05) is 11.8 Å². The van der Waals surface area contributed by atoms with E-state index in [0.29, 0.717) is 19.7 Å². The minimum Gasteiger partial charge on any atom is -0.371 e. The number of nitrogens with one attached hydrogen (secondary N) is 2. The number of aromatic nitrogens is 2. The van der Waals surface area contributed by atoms with Gasteiger partial charge in [0, 0.05) is 18.4 Å². The van der Waals surface area contributed by atoms with Crippen molar-refractivity contribution in [2.45, 2.75) is 44.8 Å². The van der Waals surface area contributed by atoms with Crippen LogP contribution >= 0.6 is 0 Å². The molecule has 2 aliphatic rings. The lowest BCUT2D eigenvalue weighted by molar-refractivity contribution is -0.0925. The van der Waals surface area contributed by atoms with Gasteiger partial charge in [0.2, 0.25) is 0 Å². The van der Waals surface area contributed by atoms with Crippen LogP contribution in [-0.2, 0) is 11.3 Å². The summed E-state index contributed by atoms with van der Waals surface area (Å²) >= 11 is 0. The van der Waals surface area contributed by atoms with Crippen LogP contribution in [0.1, 0.15) is 37.2 Å². The van der Waals surface area contributed by atoms with Crippen molar-refractivity contribution in [2.75, 3.05) is 19.7 Å². The van der Waals surface area contributed by atoms with Crippen molar-refractivity contribution in [3.8, 4) is 0 Å². The molecular formula is C14H22N4O2. The minimum atomic E-state index is -0.0726. The van der Waals surface area contributed by atoms with Crippen molar-refractivity contribution < 1.29 is 9.53 Å². The van der Waals surface area contributed by atoms with Gasteiger partial charge in [-0.3, -0.25) is 0 Å². The molecule has 3 rings (SSSR count). The van der Waals surface area contributed by atoms with Gasteiger partial charge in [-0.1, -0.05) is 12.8 Å². The highest BCUT2D eigenvalue weighted by Crippen LogP contribution is 2.35. The van der Waals surface area contributed by atoms with Crippen LogP contribution in [-0.4, -0.2) is 46.2 Å². The highest BCUT2D eigenvalue weighted by molar-refractivity contribution is 5.74. The fourth-order valence-electron chi connectivity index (χ4n) is 3.17. The molecule has 2 fully saturated rings. The standard InChI is InChI=1S/C14H22N4O2/c1-11-8-15-12(17-11)9-16-13(19)18-6-7-20-14(10-18)4-2-3-5-14/h8H,2-7,9-10H2,1H3,(H,15,17)(H,16,19). The lowest BCUT2D eigenvalue weighted by Crippen LogP contribution is -2.54. The van der Waals surface area contributed by atoms with Gasteiger partial charge in [0.05, 0.1) is 25.3 Å². The van der Waals surface area contributed by atoms with E-state index < -0.39 is 0 Å². The molecule has 1 aromatic rings. The van der Waals surface area contributed by atoms with Crippen molar-refractivity contribution in [1.29, 1.82) is 0 Å². The number of aryl methyl sites for hydroxylation is 1. The van der Waals surface area contributed by atoms with Crippen LogP contribution in [0.5, 0.6) is 0 Å². The summed E-state index contributed by atoms with van der Waals surface area (Å²) in [6.07, 6.45) is 6.34. The molecule has 0 unspecified atom stereocenters. The number of aromatic amines is 1. The van der Waals surface area contributed by atoms with Gasteiger partial charge in [0.1, 0.15) is 5.82 Å². The molecule has 110 valence electrons. The smallest absolute Gasteiger partial charge is 0.317 e. The van der Waals surface area contributed by atoms with Crippen LogP contribution < -0.4 is 5.32 Å². The first kappa shape index (κ1) is 13.4. The van der Waals surface area contributed by atoms with Gasteiger partial charge in [-0.25, -0.2) is 9.78 Å². The van der Waals surface area contributed by atoms with Crippen LogP contribution in [0.3, 0.4) is 0 Å². The molecule has 0 radical (unpaired) electrons. The summed E-state index contributed by atoms with van der Waals surface area (Å²) in [6.45, 7) is 4.43. The molecule has 6 heteroatoms. The number of morpholine rings is 1. The van der Waals surface area contributed by atoms with Gasteiger partial charge >= 0.3 is 6.03 Å². The fraction of sp³-hybridized carbons (Fsp3) is 0.714. The number of carbonyl (C=O) groups is 1. The summed E-state index contributed by atoms with van der Waals surface area (Å²) in [7, 11) is 0. The van der Waals surface area contributed by atoms with Crippen molar-refractivity contribution >= 4 is 6.03 Å². The molecule has 6 nitrogen and oxygen atoms in total. The van der Waals surface area contributed by atoms with E-state index in [0.717, 1.165) is 30.9 Å². The Bertz CT molecular complexity index is 479. The van der Waals surface area contributed by atoms with Crippen molar-refractivity contribution in [2.24, 2.45) is 0 Å². The summed E-state index contributed by atoms with van der Waals surface area (Å²) < 4.78 is 5.93. The number of amides is 2. The normalized spacial score (nSPS) is 21.4. The van der Waals surface area contributed by atoms with E-state index in [1.54, 1.807) is 6.20 Å². The monoisotopic (exact) mass is 278 g/mol. The Kier molecular flexibility index (Phi) is 3.65. The molecule has 1 spiro atoms. The maximum absolute atomic E-state index is 12.2. The Morgan fingerprint density at radius 3 is 3.05 bits per heavy atom. The first-order valence-electron chi connectivity index (χ1n) is 7.34. The molecule has 0 bridgehead atoms. The van der Waals surface area contributed by atoms with E-state index in [4.69, 9.17) is 4.74 Å². The van der Waals surface area contributed by atoms with Gasteiger partial charge in [0.25, 0.3) is 0 Å². The van der Waals surface area contributed by atoms with E-state index in [-0.39, 0.29) is 11.6 Å². The molecule has 1 saturated carbocycles. The zero-order valence-electron chi connectivity index (χ0n) is 11.9. The third kappa shape index (κ3) is 2.80. The van der Waals surface area contributed by atoms with E-state index in [9.17, 15) is 4.79 Å². The van der Waals surface area contributed by atoms with Gasteiger partial charge < -0.3 is 19.9 Å². The van der Waals surface area contributed by atoms with E-state index in [1.165, 1.54) is 12.8 Å². The molecule has 0 aromatic carbocycles. The molecule has 0 atom stereocenters. The molecule has 2 heterocycles. The number of hydrogen-bond acceptors (Lipinski definition) is 3. The maximum atomic E-state index is 12.2. The molecule has 2 N–H and O–H groups in total. The van der Waals surface area contributed by atoms with Crippen molar-refractivity contribution in [3.63, 3.8) is 0 Å². The van der Waals surface area contributed by atoms with Crippen LogP contribution in [0.15, 0.2) is 6.20 Å². The maximum Gasteiger partial charge on any atom is 0.317 e. The molecule has 2 amide bonds. The zero-order valence-corrected chi connectivity index (χ0v) is 11.9. The second-order valence-corrected chi connectivity index (χ2v) is 5.83. The first-order chi connectivity index (χ1) is 9.67. The second kappa shape index (κ2) is 5.44. The summed E-state index contributed by atoms with van der Waals surface area (Å²) in [4.78, 5) is 21.4. The van der Waals surface area contributed by atoms with Gasteiger partial charge in [0.15, 0.2) is 0 Å². The predicted octanol–water partition coefficient (Wildman–Crippen LogP) is 1.57. The fourth-order valence-corrected chi connectivity index (χ4v) is 3.17. The lowest BCUT2D eigenvalue weighted by Gasteiger charge is -2.40. The summed E-state index contributed by atoms with van der Waals surface area (Å²) in [5.74, 6) is 0.791. The summed E-state index contributed by atoms with van der Waals surface area (Å²) in [5.41, 5.74) is 0.933. The van der Waals surface area contributed by atoms with Crippen LogP contribution in [0.4, 0.5) is 4.79 Å². The van der Waals surface area contributed by atoms with Gasteiger partial charge in [-0.15, -0.1) is 0 Å². The van der Waals surface area contributed by atoms with E-state index >= 15 is 0 Å². The highest BCUT2D eigenvalue weighted by atomic mass is 16.5. The van der Waals surface area contributed by atoms with Crippen LogP contribution in [0.25, 0.3) is 0 Å². The lowest BCUT2D eigenvalue weighted by atomic mass is 10.00. The largest absolute Gasteiger partial charge is 0.371 e. The second-order valence-electron chi connectivity index (χ2n) is 5.83. The average molecular weight is 278 g/mol. The number of imidazole rings is 1. The summed E-state index contributed by atoms with van der Waals surface area (Å²) in [5, 5.41) is 2.93. The average Bonchev–Trinajstić information content (AvgIpc) is 3.06. The Hall–Kier alpha value is -1.56. The molecule has 1 saturated heterocycles. The SMILES string of the molecule is Cc1cnc(CNC(=O)N2CCOC3(CCCC3)C2)[nH]1.